The molecule has 2 nitrogen and oxygen atoms in total. The Kier molecular flexibility index (Phi) is 6.49. The van der Waals surface area contributed by atoms with Crippen LogP contribution in [0.2, 0.25) is 5.02 Å². The van der Waals surface area contributed by atoms with E-state index in [9.17, 15) is 0 Å². The predicted molar refractivity (Wildman–Crippen MR) is 76.7 cm³/mol. The van der Waals surface area contributed by atoms with Crippen LogP contribution in [0, 0.1) is 0 Å². The quantitative estimate of drug-likeness (QED) is 0.849. The van der Waals surface area contributed by atoms with Gasteiger partial charge >= 0.3 is 0 Å². The summed E-state index contributed by atoms with van der Waals surface area (Å²) in [5.74, 6) is 0. The summed E-state index contributed by atoms with van der Waals surface area (Å²) in [7, 11) is 0. The third-order valence-corrected chi connectivity index (χ3v) is 3.36. The molecule has 96 valence electrons. The lowest BCUT2D eigenvalue weighted by molar-refractivity contribution is 0.124. The summed E-state index contributed by atoms with van der Waals surface area (Å²) in [6.45, 7) is 7.69. The summed E-state index contributed by atoms with van der Waals surface area (Å²) in [6, 6.07) is 6.49. The molecule has 0 spiro atoms. The molecule has 0 aliphatic heterocycles. The molecular weight excluding hydrogens is 302 g/mol. The van der Waals surface area contributed by atoms with E-state index in [0.29, 0.717) is 6.04 Å². The fourth-order valence-corrected chi connectivity index (χ4v) is 2.55. The Labute approximate surface area is 117 Å². The maximum atomic E-state index is 6.21. The second-order valence-corrected chi connectivity index (χ2v) is 5.44. The summed E-state index contributed by atoms with van der Waals surface area (Å²) in [5, 5.41) is 4.25. The van der Waals surface area contributed by atoms with E-state index in [2.05, 4.69) is 35.1 Å². The fourth-order valence-electron chi connectivity index (χ4n) is 1.71. The summed E-state index contributed by atoms with van der Waals surface area (Å²) in [5.41, 5.74) is 1.11. The van der Waals surface area contributed by atoms with Crippen LogP contribution in [0.5, 0.6) is 0 Å². The van der Waals surface area contributed by atoms with Gasteiger partial charge in [0, 0.05) is 28.2 Å². The van der Waals surface area contributed by atoms with E-state index in [0.717, 1.165) is 28.3 Å². The normalized spacial score (nSPS) is 14.6. The molecule has 0 radical (unpaired) electrons. The predicted octanol–water partition coefficient (Wildman–Crippen LogP) is 4.18. The smallest absolute Gasteiger partial charge is 0.0616 e. The van der Waals surface area contributed by atoms with E-state index in [4.69, 9.17) is 16.3 Å². The second kappa shape index (κ2) is 7.37. The van der Waals surface area contributed by atoms with Gasteiger partial charge in [-0.3, -0.25) is 0 Å². The van der Waals surface area contributed by atoms with Crippen LogP contribution in [0.25, 0.3) is 0 Å². The van der Waals surface area contributed by atoms with Gasteiger partial charge in [-0.25, -0.2) is 0 Å². The van der Waals surface area contributed by atoms with Crippen LogP contribution in [0.4, 0.5) is 0 Å². The first-order valence-corrected chi connectivity index (χ1v) is 7.00. The summed E-state index contributed by atoms with van der Waals surface area (Å²) in [6.07, 6.45) is 0. The van der Waals surface area contributed by atoms with E-state index in [1.54, 1.807) is 0 Å². The van der Waals surface area contributed by atoms with Gasteiger partial charge in [-0.1, -0.05) is 33.6 Å². The average Bonchev–Trinajstić information content (AvgIpc) is 2.26. The van der Waals surface area contributed by atoms with E-state index in [1.807, 2.05) is 25.1 Å². The van der Waals surface area contributed by atoms with Gasteiger partial charge in [-0.05, 0) is 38.5 Å². The van der Waals surface area contributed by atoms with E-state index < -0.39 is 0 Å². The summed E-state index contributed by atoms with van der Waals surface area (Å²) < 4.78 is 6.38. The van der Waals surface area contributed by atoms with Crippen molar-refractivity contribution in [1.82, 2.24) is 5.32 Å². The van der Waals surface area contributed by atoms with Crippen LogP contribution in [-0.4, -0.2) is 19.3 Å². The number of benzene rings is 1. The van der Waals surface area contributed by atoms with Crippen LogP contribution in [0.15, 0.2) is 22.7 Å². The molecule has 1 aromatic carbocycles. The standard InChI is InChI=1S/C13H19BrClNO/c1-4-17-8-9(2)16-10(3)12-6-5-11(14)7-13(12)15/h5-7,9-10,16H,4,8H2,1-3H3. The van der Waals surface area contributed by atoms with Gasteiger partial charge < -0.3 is 10.1 Å². The monoisotopic (exact) mass is 319 g/mol. The zero-order valence-corrected chi connectivity index (χ0v) is 12.8. The van der Waals surface area contributed by atoms with Gasteiger partial charge in [0.25, 0.3) is 0 Å². The Hall–Kier alpha value is -0.0900. The Morgan fingerprint density at radius 2 is 2.12 bits per heavy atom. The zero-order valence-electron chi connectivity index (χ0n) is 10.5. The van der Waals surface area contributed by atoms with E-state index in [-0.39, 0.29) is 6.04 Å². The first-order valence-electron chi connectivity index (χ1n) is 5.83. The highest BCUT2D eigenvalue weighted by molar-refractivity contribution is 9.10. The van der Waals surface area contributed by atoms with Gasteiger partial charge in [-0.15, -0.1) is 0 Å². The third-order valence-electron chi connectivity index (χ3n) is 2.54. The van der Waals surface area contributed by atoms with Crippen molar-refractivity contribution in [1.29, 1.82) is 0 Å². The zero-order chi connectivity index (χ0) is 12.8. The number of hydrogen-bond acceptors (Lipinski definition) is 2. The molecular formula is C13H19BrClNO. The molecule has 0 saturated carbocycles. The lowest BCUT2D eigenvalue weighted by Crippen LogP contribution is -2.32. The molecule has 0 aromatic heterocycles. The Morgan fingerprint density at radius 1 is 1.41 bits per heavy atom. The minimum absolute atomic E-state index is 0.214. The molecule has 1 aromatic rings. The van der Waals surface area contributed by atoms with Crippen molar-refractivity contribution < 1.29 is 4.74 Å². The molecule has 2 unspecified atom stereocenters. The van der Waals surface area contributed by atoms with Crippen LogP contribution < -0.4 is 5.32 Å². The molecule has 4 heteroatoms. The van der Waals surface area contributed by atoms with Crippen molar-refractivity contribution in [3.63, 3.8) is 0 Å². The van der Waals surface area contributed by atoms with Gasteiger partial charge in [0.15, 0.2) is 0 Å². The molecule has 0 fully saturated rings. The molecule has 0 bridgehead atoms. The molecule has 0 amide bonds. The van der Waals surface area contributed by atoms with Crippen molar-refractivity contribution in [2.45, 2.75) is 32.9 Å². The highest BCUT2D eigenvalue weighted by Gasteiger charge is 2.12. The van der Waals surface area contributed by atoms with E-state index in [1.165, 1.54) is 0 Å². The summed E-state index contributed by atoms with van der Waals surface area (Å²) in [4.78, 5) is 0. The topological polar surface area (TPSA) is 21.3 Å². The minimum atomic E-state index is 0.214. The van der Waals surface area contributed by atoms with Gasteiger partial charge in [0.1, 0.15) is 0 Å². The van der Waals surface area contributed by atoms with Gasteiger partial charge in [-0.2, -0.15) is 0 Å². The van der Waals surface area contributed by atoms with Crippen molar-refractivity contribution in [3.8, 4) is 0 Å². The van der Waals surface area contributed by atoms with Crippen LogP contribution in [0.1, 0.15) is 32.4 Å². The molecule has 17 heavy (non-hydrogen) atoms. The lowest BCUT2D eigenvalue weighted by Gasteiger charge is -2.21. The summed E-state index contributed by atoms with van der Waals surface area (Å²) >= 11 is 9.62. The largest absolute Gasteiger partial charge is 0.380 e. The number of halogens is 2. The first-order chi connectivity index (χ1) is 8.04. The van der Waals surface area contributed by atoms with Gasteiger partial charge in [0.2, 0.25) is 0 Å². The molecule has 0 heterocycles. The van der Waals surface area contributed by atoms with Crippen LogP contribution in [0.3, 0.4) is 0 Å². The average molecular weight is 321 g/mol. The molecule has 0 saturated heterocycles. The molecule has 1 N–H and O–H groups in total. The molecule has 0 aliphatic rings. The third kappa shape index (κ3) is 4.96. The number of hydrogen-bond donors (Lipinski definition) is 1. The first kappa shape index (κ1) is 15.0. The van der Waals surface area contributed by atoms with Crippen LogP contribution in [-0.2, 0) is 4.74 Å². The highest BCUT2D eigenvalue weighted by Crippen LogP contribution is 2.26. The Balaban J connectivity index is 2.60. The number of rotatable bonds is 6. The maximum absolute atomic E-state index is 6.21. The molecule has 0 aliphatic carbocycles. The van der Waals surface area contributed by atoms with Crippen molar-refractivity contribution in [3.05, 3.63) is 33.3 Å². The minimum Gasteiger partial charge on any atom is -0.380 e. The maximum Gasteiger partial charge on any atom is 0.0616 e. The van der Waals surface area contributed by atoms with Crippen LogP contribution >= 0.6 is 27.5 Å². The van der Waals surface area contributed by atoms with E-state index >= 15 is 0 Å². The number of nitrogens with one attached hydrogen (secondary N) is 1. The van der Waals surface area contributed by atoms with Crippen molar-refractivity contribution >= 4 is 27.5 Å². The van der Waals surface area contributed by atoms with Crippen molar-refractivity contribution in [2.75, 3.05) is 13.2 Å². The Morgan fingerprint density at radius 3 is 2.71 bits per heavy atom. The fraction of sp³-hybridized carbons (Fsp3) is 0.538. The van der Waals surface area contributed by atoms with Crippen molar-refractivity contribution in [2.24, 2.45) is 0 Å². The second-order valence-electron chi connectivity index (χ2n) is 4.11. The van der Waals surface area contributed by atoms with Gasteiger partial charge in [0.05, 0.1) is 6.61 Å². The highest BCUT2D eigenvalue weighted by atomic mass is 79.9. The lowest BCUT2D eigenvalue weighted by atomic mass is 10.1. The SMILES string of the molecule is CCOCC(C)NC(C)c1ccc(Br)cc1Cl. The molecule has 1 rings (SSSR count). The Bertz CT molecular complexity index is 359. The number of ether oxygens (including phenoxy) is 1. The molecule has 2 atom stereocenters.